The smallest absolute Gasteiger partial charge is 0.219 e. The Balaban J connectivity index is 0. The summed E-state index contributed by atoms with van der Waals surface area (Å²) in [6.45, 7) is 18.0. The van der Waals surface area contributed by atoms with Gasteiger partial charge in [0.15, 0.2) is 0 Å². The lowest BCUT2D eigenvalue weighted by molar-refractivity contribution is -0.129. The molecule has 0 heterocycles. The van der Waals surface area contributed by atoms with Crippen LogP contribution in [0.2, 0.25) is 0 Å². The van der Waals surface area contributed by atoms with Gasteiger partial charge in [0.1, 0.15) is 0 Å². The first-order valence-electron chi connectivity index (χ1n) is 8.15. The molecule has 0 saturated carbocycles. The van der Waals surface area contributed by atoms with Crippen molar-refractivity contribution in [2.24, 2.45) is 5.92 Å². The number of benzene rings is 1. The summed E-state index contributed by atoms with van der Waals surface area (Å²) in [5.41, 5.74) is 2.68. The number of hydrogen-bond donors (Lipinski definition) is 0. The molecule has 1 rings (SSSR count). The van der Waals surface area contributed by atoms with Crippen LogP contribution in [0.3, 0.4) is 0 Å². The summed E-state index contributed by atoms with van der Waals surface area (Å²) in [6.07, 6.45) is 1.05. The van der Waals surface area contributed by atoms with Gasteiger partial charge < -0.3 is 4.90 Å². The summed E-state index contributed by atoms with van der Waals surface area (Å²) in [7, 11) is 0. The first-order valence-corrected chi connectivity index (χ1v) is 8.15. The van der Waals surface area contributed by atoms with E-state index in [9.17, 15) is 4.79 Å². The third-order valence-corrected chi connectivity index (χ3v) is 2.70. The molecule has 0 bridgehead atoms. The SMILES string of the molecule is CC.CCCN(CC(C)C)C(C)=O.Cc1cccc(C)c1. The third-order valence-electron chi connectivity index (χ3n) is 2.70. The lowest BCUT2D eigenvalue weighted by atomic mass is 10.2. The fourth-order valence-electron chi connectivity index (χ4n) is 1.89. The molecule has 0 radical (unpaired) electrons. The van der Waals surface area contributed by atoms with E-state index in [1.807, 2.05) is 18.7 Å². The van der Waals surface area contributed by atoms with Gasteiger partial charge in [-0.2, -0.15) is 0 Å². The molecule has 1 aromatic carbocycles. The molecule has 0 aromatic heterocycles. The molecule has 1 aromatic rings. The van der Waals surface area contributed by atoms with Gasteiger partial charge in [-0.05, 0) is 26.2 Å². The summed E-state index contributed by atoms with van der Waals surface area (Å²) in [5, 5.41) is 0. The van der Waals surface area contributed by atoms with E-state index in [4.69, 9.17) is 0 Å². The summed E-state index contributed by atoms with van der Waals surface area (Å²) in [4.78, 5) is 12.9. The number of carbonyl (C=O) groups excluding carboxylic acids is 1. The molecule has 2 heteroatoms. The molecule has 0 aliphatic carbocycles. The van der Waals surface area contributed by atoms with Crippen LogP contribution < -0.4 is 0 Å². The Kier molecular flexibility index (Phi) is 14.3. The van der Waals surface area contributed by atoms with Gasteiger partial charge in [0.25, 0.3) is 0 Å². The topological polar surface area (TPSA) is 20.3 Å². The van der Waals surface area contributed by atoms with Crippen molar-refractivity contribution in [3.63, 3.8) is 0 Å². The molecular formula is C19H35NO. The predicted octanol–water partition coefficient (Wildman–Crippen LogP) is 5.23. The summed E-state index contributed by atoms with van der Waals surface area (Å²) in [6, 6.07) is 8.45. The van der Waals surface area contributed by atoms with Crippen LogP contribution in [-0.2, 0) is 4.79 Å². The van der Waals surface area contributed by atoms with Crippen molar-refractivity contribution >= 4 is 5.91 Å². The van der Waals surface area contributed by atoms with Crippen molar-refractivity contribution in [1.82, 2.24) is 4.90 Å². The van der Waals surface area contributed by atoms with Gasteiger partial charge in [-0.25, -0.2) is 0 Å². The minimum atomic E-state index is 0.195. The zero-order valence-electron chi connectivity index (χ0n) is 15.4. The van der Waals surface area contributed by atoms with Crippen LogP contribution >= 0.6 is 0 Å². The van der Waals surface area contributed by atoms with Crippen LogP contribution in [0.15, 0.2) is 24.3 Å². The van der Waals surface area contributed by atoms with Crippen molar-refractivity contribution < 1.29 is 4.79 Å². The largest absolute Gasteiger partial charge is 0.343 e. The van der Waals surface area contributed by atoms with Crippen LogP contribution in [0.1, 0.15) is 59.1 Å². The molecule has 0 spiro atoms. The maximum atomic E-state index is 11.0. The number of aryl methyl sites for hydroxylation is 2. The maximum Gasteiger partial charge on any atom is 0.219 e. The second kappa shape index (κ2) is 13.7. The number of carbonyl (C=O) groups is 1. The van der Waals surface area contributed by atoms with E-state index in [-0.39, 0.29) is 5.91 Å². The molecule has 0 saturated heterocycles. The van der Waals surface area contributed by atoms with Crippen LogP contribution in [0, 0.1) is 19.8 Å². The maximum absolute atomic E-state index is 11.0. The summed E-state index contributed by atoms with van der Waals surface area (Å²) < 4.78 is 0. The molecule has 122 valence electrons. The number of hydrogen-bond acceptors (Lipinski definition) is 1. The molecule has 0 aliphatic rings. The molecule has 0 atom stereocenters. The molecule has 2 nitrogen and oxygen atoms in total. The Morgan fingerprint density at radius 3 is 1.86 bits per heavy atom. The van der Waals surface area contributed by atoms with Crippen molar-refractivity contribution in [3.8, 4) is 0 Å². The van der Waals surface area contributed by atoms with E-state index in [1.165, 1.54) is 11.1 Å². The van der Waals surface area contributed by atoms with E-state index < -0.39 is 0 Å². The Hall–Kier alpha value is -1.31. The monoisotopic (exact) mass is 293 g/mol. The molecular weight excluding hydrogens is 258 g/mol. The van der Waals surface area contributed by atoms with Gasteiger partial charge in [0.2, 0.25) is 5.91 Å². The van der Waals surface area contributed by atoms with Crippen LogP contribution in [-0.4, -0.2) is 23.9 Å². The van der Waals surface area contributed by atoms with E-state index in [2.05, 4.69) is 58.9 Å². The summed E-state index contributed by atoms with van der Waals surface area (Å²) >= 11 is 0. The van der Waals surface area contributed by atoms with E-state index >= 15 is 0 Å². The molecule has 0 aliphatic heterocycles. The first-order chi connectivity index (χ1) is 9.86. The van der Waals surface area contributed by atoms with E-state index in [1.54, 1.807) is 6.92 Å². The zero-order valence-corrected chi connectivity index (χ0v) is 15.4. The summed E-state index contributed by atoms with van der Waals surface area (Å²) in [5.74, 6) is 0.769. The van der Waals surface area contributed by atoms with Crippen molar-refractivity contribution in [1.29, 1.82) is 0 Å². The Morgan fingerprint density at radius 1 is 1.14 bits per heavy atom. The quantitative estimate of drug-likeness (QED) is 0.744. The highest BCUT2D eigenvalue weighted by atomic mass is 16.2. The number of rotatable bonds is 4. The van der Waals surface area contributed by atoms with Crippen LogP contribution in [0.5, 0.6) is 0 Å². The second-order valence-corrected chi connectivity index (χ2v) is 5.52. The normalized spacial score (nSPS) is 9.19. The van der Waals surface area contributed by atoms with Crippen LogP contribution in [0.25, 0.3) is 0 Å². The minimum Gasteiger partial charge on any atom is -0.343 e. The van der Waals surface area contributed by atoms with Gasteiger partial charge in [0, 0.05) is 20.0 Å². The number of amides is 1. The Labute approximate surface area is 132 Å². The van der Waals surface area contributed by atoms with Crippen molar-refractivity contribution in [2.45, 2.75) is 61.8 Å². The van der Waals surface area contributed by atoms with Gasteiger partial charge >= 0.3 is 0 Å². The molecule has 0 unspecified atom stereocenters. The van der Waals surface area contributed by atoms with Gasteiger partial charge in [-0.15, -0.1) is 0 Å². The van der Waals surface area contributed by atoms with Crippen LogP contribution in [0.4, 0.5) is 0 Å². The third kappa shape index (κ3) is 13.4. The van der Waals surface area contributed by atoms with Gasteiger partial charge in [0.05, 0.1) is 0 Å². The average molecular weight is 293 g/mol. The highest BCUT2D eigenvalue weighted by Crippen LogP contribution is 2.00. The molecule has 0 fully saturated rings. The van der Waals surface area contributed by atoms with Crippen molar-refractivity contribution in [3.05, 3.63) is 35.4 Å². The molecule has 21 heavy (non-hydrogen) atoms. The lowest BCUT2D eigenvalue weighted by Gasteiger charge is -2.22. The molecule has 0 N–H and O–H groups in total. The second-order valence-electron chi connectivity index (χ2n) is 5.52. The Bertz CT molecular complexity index is 354. The zero-order chi connectivity index (χ0) is 16.8. The average Bonchev–Trinajstić information content (AvgIpc) is 2.40. The Morgan fingerprint density at radius 2 is 1.62 bits per heavy atom. The first kappa shape index (κ1) is 22.0. The van der Waals surface area contributed by atoms with Crippen molar-refractivity contribution in [2.75, 3.05) is 13.1 Å². The highest BCUT2D eigenvalue weighted by Gasteiger charge is 2.07. The standard InChI is InChI=1S/C9H19NO.C8H10.C2H6/c1-5-6-10(9(4)11)7-8(2)3;1-7-4-3-5-8(2)6-7;1-2/h8H,5-7H2,1-4H3;3-6H,1-2H3;1-2H3. The van der Waals surface area contributed by atoms with E-state index in [0.717, 1.165) is 19.5 Å². The van der Waals surface area contributed by atoms with Gasteiger partial charge in [-0.3, -0.25) is 4.79 Å². The van der Waals surface area contributed by atoms with Gasteiger partial charge in [-0.1, -0.05) is 70.0 Å². The predicted molar refractivity (Wildman–Crippen MR) is 94.6 cm³/mol. The highest BCUT2D eigenvalue weighted by molar-refractivity contribution is 5.73. The fraction of sp³-hybridized carbons (Fsp3) is 0.632. The minimum absolute atomic E-state index is 0.195. The number of nitrogens with zero attached hydrogens (tertiary/aromatic N) is 1. The molecule has 1 amide bonds. The van der Waals surface area contributed by atoms with E-state index in [0.29, 0.717) is 5.92 Å². The fourth-order valence-corrected chi connectivity index (χ4v) is 1.89. The lowest BCUT2D eigenvalue weighted by Crippen LogP contribution is -2.32.